The van der Waals surface area contributed by atoms with Crippen LogP contribution < -0.4 is 4.90 Å². The molecule has 1 aromatic rings. The van der Waals surface area contributed by atoms with Crippen LogP contribution in [0.2, 0.25) is 5.02 Å². The first kappa shape index (κ1) is 9.56. The van der Waals surface area contributed by atoms with Crippen LogP contribution in [0.25, 0.3) is 0 Å². The van der Waals surface area contributed by atoms with Crippen LogP contribution in [-0.4, -0.2) is 13.1 Å². The fourth-order valence-corrected chi connectivity index (χ4v) is 1.47. The maximum absolute atomic E-state index is 5.79. The van der Waals surface area contributed by atoms with Crippen LogP contribution in [0.15, 0.2) is 24.3 Å². The molecule has 12 heavy (non-hydrogen) atoms. The molecule has 2 heteroatoms. The van der Waals surface area contributed by atoms with Gasteiger partial charge in [0.2, 0.25) is 0 Å². The zero-order valence-electron chi connectivity index (χ0n) is 7.60. The zero-order valence-corrected chi connectivity index (χ0v) is 8.36. The van der Waals surface area contributed by atoms with Crippen LogP contribution in [0, 0.1) is 0 Å². The molecule has 0 unspecified atom stereocenters. The molecule has 0 aliphatic carbocycles. The van der Waals surface area contributed by atoms with E-state index in [0.29, 0.717) is 0 Å². The predicted octanol–water partition coefficient (Wildman–Crippen LogP) is 1.90. The lowest BCUT2D eigenvalue weighted by Gasteiger charge is -2.14. The Hall–Kier alpha value is -0.530. The molecule has 0 aliphatic rings. The first-order valence-electron chi connectivity index (χ1n) is 4.38. The van der Waals surface area contributed by atoms with Gasteiger partial charge in [-0.1, -0.05) is 11.6 Å². The second-order valence-corrected chi connectivity index (χ2v) is 3.25. The van der Waals surface area contributed by atoms with E-state index in [1.807, 2.05) is 12.1 Å². The smallest absolute Gasteiger partial charge is 0.131 e. The first-order valence-corrected chi connectivity index (χ1v) is 4.76. The Morgan fingerprint density at radius 3 is 2.00 bits per heavy atom. The standard InChI is InChI=1S/C10H14ClN/c1-3-12(4-2)10-7-5-9(11)6-8-10/h5-8H,3-4H2,1-2H3/p+1. The van der Waals surface area contributed by atoms with Crippen molar-refractivity contribution in [3.05, 3.63) is 29.3 Å². The maximum Gasteiger partial charge on any atom is 0.131 e. The normalized spacial score (nSPS) is 10.7. The van der Waals surface area contributed by atoms with Gasteiger partial charge in [-0.05, 0) is 26.0 Å². The van der Waals surface area contributed by atoms with Crippen molar-refractivity contribution >= 4 is 17.3 Å². The molecular weight excluding hydrogens is 170 g/mol. The Bertz CT molecular complexity index is 226. The summed E-state index contributed by atoms with van der Waals surface area (Å²) in [6.07, 6.45) is 0. The number of hydrogen-bond donors (Lipinski definition) is 1. The number of rotatable bonds is 3. The van der Waals surface area contributed by atoms with E-state index in [2.05, 4.69) is 26.0 Å². The minimum Gasteiger partial charge on any atom is -0.303 e. The van der Waals surface area contributed by atoms with E-state index in [1.54, 1.807) is 0 Å². The van der Waals surface area contributed by atoms with E-state index in [9.17, 15) is 0 Å². The van der Waals surface area contributed by atoms with E-state index in [-0.39, 0.29) is 0 Å². The summed E-state index contributed by atoms with van der Waals surface area (Å²) in [5, 5.41) is 0.810. The van der Waals surface area contributed by atoms with Gasteiger partial charge in [0, 0.05) is 17.2 Å². The van der Waals surface area contributed by atoms with Crippen molar-refractivity contribution in [3.8, 4) is 0 Å². The van der Waals surface area contributed by atoms with Gasteiger partial charge in [0.1, 0.15) is 5.69 Å². The molecule has 0 bridgehead atoms. The van der Waals surface area contributed by atoms with Gasteiger partial charge in [-0.2, -0.15) is 0 Å². The van der Waals surface area contributed by atoms with Crippen molar-refractivity contribution in [1.29, 1.82) is 0 Å². The van der Waals surface area contributed by atoms with Gasteiger partial charge in [-0.25, -0.2) is 0 Å². The molecule has 0 radical (unpaired) electrons. The molecule has 1 aromatic carbocycles. The van der Waals surface area contributed by atoms with E-state index >= 15 is 0 Å². The minimum atomic E-state index is 0.810. The van der Waals surface area contributed by atoms with Crippen LogP contribution in [0.5, 0.6) is 0 Å². The van der Waals surface area contributed by atoms with Gasteiger partial charge in [-0.15, -0.1) is 0 Å². The molecule has 1 rings (SSSR count). The third kappa shape index (κ3) is 2.23. The summed E-state index contributed by atoms with van der Waals surface area (Å²) in [6, 6.07) is 8.07. The average molecular weight is 185 g/mol. The summed E-state index contributed by atoms with van der Waals surface area (Å²) in [5.74, 6) is 0. The molecule has 0 spiro atoms. The SMILES string of the molecule is CC[NH+](CC)c1ccc(Cl)cc1. The molecule has 0 aliphatic heterocycles. The molecule has 0 heterocycles. The average Bonchev–Trinajstić information content (AvgIpc) is 2.10. The molecule has 0 aromatic heterocycles. The highest BCUT2D eigenvalue weighted by molar-refractivity contribution is 6.30. The summed E-state index contributed by atoms with van der Waals surface area (Å²) in [6.45, 7) is 6.62. The van der Waals surface area contributed by atoms with E-state index in [1.165, 1.54) is 10.6 Å². The van der Waals surface area contributed by atoms with Gasteiger partial charge in [-0.3, -0.25) is 0 Å². The highest BCUT2D eigenvalue weighted by atomic mass is 35.5. The summed E-state index contributed by atoms with van der Waals surface area (Å²) < 4.78 is 0. The molecule has 0 atom stereocenters. The zero-order chi connectivity index (χ0) is 8.97. The van der Waals surface area contributed by atoms with Crippen molar-refractivity contribution in [2.45, 2.75) is 13.8 Å². The molecule has 1 nitrogen and oxygen atoms in total. The van der Waals surface area contributed by atoms with Crippen LogP contribution >= 0.6 is 11.6 Å². The van der Waals surface area contributed by atoms with Crippen molar-refractivity contribution in [3.63, 3.8) is 0 Å². The molecule has 0 fully saturated rings. The quantitative estimate of drug-likeness (QED) is 0.732. The molecule has 66 valence electrons. The van der Waals surface area contributed by atoms with Crippen LogP contribution in [0.3, 0.4) is 0 Å². The lowest BCUT2D eigenvalue weighted by atomic mass is 10.3. The molecule has 0 saturated heterocycles. The highest BCUT2D eigenvalue weighted by Crippen LogP contribution is 2.09. The largest absolute Gasteiger partial charge is 0.303 e. The van der Waals surface area contributed by atoms with Crippen LogP contribution in [0.4, 0.5) is 5.69 Å². The third-order valence-corrected chi connectivity index (χ3v) is 2.36. The molecule has 1 N–H and O–H groups in total. The van der Waals surface area contributed by atoms with Gasteiger partial charge in [0.15, 0.2) is 0 Å². The minimum absolute atomic E-state index is 0.810. The van der Waals surface area contributed by atoms with E-state index in [4.69, 9.17) is 11.6 Å². The molecule has 0 saturated carbocycles. The summed E-state index contributed by atoms with van der Waals surface area (Å²) in [7, 11) is 0. The van der Waals surface area contributed by atoms with Crippen molar-refractivity contribution in [2.24, 2.45) is 0 Å². The second kappa shape index (κ2) is 4.48. The van der Waals surface area contributed by atoms with Crippen molar-refractivity contribution in [2.75, 3.05) is 13.1 Å². The number of halogens is 1. The topological polar surface area (TPSA) is 4.44 Å². The summed E-state index contributed by atoms with van der Waals surface area (Å²) in [5.41, 5.74) is 1.32. The van der Waals surface area contributed by atoms with E-state index < -0.39 is 0 Å². The Morgan fingerprint density at radius 1 is 1.08 bits per heavy atom. The monoisotopic (exact) mass is 184 g/mol. The number of benzene rings is 1. The lowest BCUT2D eigenvalue weighted by Crippen LogP contribution is -3.06. The van der Waals surface area contributed by atoms with Gasteiger partial charge >= 0.3 is 0 Å². The Kier molecular flexibility index (Phi) is 3.57. The highest BCUT2D eigenvalue weighted by Gasteiger charge is 2.05. The van der Waals surface area contributed by atoms with E-state index in [0.717, 1.165) is 18.1 Å². The lowest BCUT2D eigenvalue weighted by molar-refractivity contribution is -0.828. The first-order chi connectivity index (χ1) is 5.77. The molecule has 0 amide bonds. The number of hydrogen-bond acceptors (Lipinski definition) is 0. The summed E-state index contributed by atoms with van der Waals surface area (Å²) in [4.78, 5) is 1.49. The summed E-state index contributed by atoms with van der Waals surface area (Å²) >= 11 is 5.79. The fraction of sp³-hybridized carbons (Fsp3) is 0.400. The number of nitrogens with one attached hydrogen (secondary N) is 1. The van der Waals surface area contributed by atoms with Crippen LogP contribution in [-0.2, 0) is 0 Å². The molecular formula is C10H15ClN+. The maximum atomic E-state index is 5.79. The van der Waals surface area contributed by atoms with Crippen molar-refractivity contribution in [1.82, 2.24) is 0 Å². The van der Waals surface area contributed by atoms with Gasteiger partial charge in [0.05, 0.1) is 13.1 Å². The van der Waals surface area contributed by atoms with Crippen molar-refractivity contribution < 1.29 is 4.90 Å². The number of quaternary nitrogens is 1. The van der Waals surface area contributed by atoms with Gasteiger partial charge in [0.25, 0.3) is 0 Å². The second-order valence-electron chi connectivity index (χ2n) is 2.82. The Balaban J connectivity index is 2.80. The van der Waals surface area contributed by atoms with Gasteiger partial charge < -0.3 is 4.90 Å². The fourth-order valence-electron chi connectivity index (χ4n) is 1.34. The Labute approximate surface area is 79.0 Å². The Morgan fingerprint density at radius 2 is 1.58 bits per heavy atom. The van der Waals surface area contributed by atoms with Crippen LogP contribution in [0.1, 0.15) is 13.8 Å². The predicted molar refractivity (Wildman–Crippen MR) is 53.2 cm³/mol. The third-order valence-electron chi connectivity index (χ3n) is 2.11.